The Hall–Kier alpha value is -1.58. The largest absolute Gasteiger partial charge is 0.333 e. The van der Waals surface area contributed by atoms with E-state index >= 15 is 0 Å². The van der Waals surface area contributed by atoms with Crippen molar-refractivity contribution in [3.63, 3.8) is 0 Å². The molecule has 1 aromatic heterocycles. The Morgan fingerprint density at radius 1 is 1.11 bits per heavy atom. The van der Waals surface area contributed by atoms with Gasteiger partial charge in [-0.15, -0.1) is 11.1 Å². The Balaban J connectivity index is 0.00000192. The van der Waals surface area contributed by atoms with Gasteiger partial charge in [0.05, 0.1) is 0 Å². The van der Waals surface area contributed by atoms with Crippen LogP contribution >= 0.6 is 0 Å². The standard InChI is InChI=1S/C24H24N3.Y/c1-18(20-11-5-3-6-12-20)17-26-19(2)24(15-9-4-10-16-24)27-22-14-8-7-13-21(22)25-23(26)27;/h3,5-8,11,13-14H,4,9-10,15-16H2,1-2H3;/q-1;. The first-order valence-electron chi connectivity index (χ1n) is 9.90. The first-order chi connectivity index (χ1) is 13.2. The fourth-order valence-corrected chi connectivity index (χ4v) is 4.82. The predicted molar refractivity (Wildman–Crippen MR) is 109 cm³/mol. The van der Waals surface area contributed by atoms with Gasteiger partial charge in [0.1, 0.15) is 11.1 Å². The molecule has 0 unspecified atom stereocenters. The maximum Gasteiger partial charge on any atom is 0.322 e. The molecule has 1 aliphatic carbocycles. The van der Waals surface area contributed by atoms with E-state index in [4.69, 9.17) is 4.98 Å². The van der Waals surface area contributed by atoms with Gasteiger partial charge in [-0.1, -0.05) is 38.3 Å². The van der Waals surface area contributed by atoms with Gasteiger partial charge >= 0.3 is 5.95 Å². The number of aromatic nitrogens is 2. The fraction of sp³-hybridized carbons (Fsp3) is 0.333. The van der Waals surface area contributed by atoms with Gasteiger partial charge in [-0.25, -0.2) is 5.56 Å². The Morgan fingerprint density at radius 3 is 2.61 bits per heavy atom. The summed E-state index contributed by atoms with van der Waals surface area (Å²) in [5.74, 6) is 1.01. The summed E-state index contributed by atoms with van der Waals surface area (Å²) in [5.41, 5.74) is 5.87. The molecular formula is C24H24N3Y-. The predicted octanol–water partition coefficient (Wildman–Crippen LogP) is 5.48. The summed E-state index contributed by atoms with van der Waals surface area (Å²) < 4.78 is 4.70. The first kappa shape index (κ1) is 19.7. The van der Waals surface area contributed by atoms with Crippen LogP contribution in [0.4, 0.5) is 5.95 Å². The minimum Gasteiger partial charge on any atom is -0.333 e. The number of nitrogens with zero attached hydrogens (tertiary/aromatic N) is 3. The summed E-state index contributed by atoms with van der Waals surface area (Å²) in [6, 6.07) is 19.9. The van der Waals surface area contributed by atoms with E-state index in [1.807, 2.05) is 12.1 Å². The smallest absolute Gasteiger partial charge is 0.322 e. The summed E-state index contributed by atoms with van der Waals surface area (Å²) in [5, 5.41) is 0. The third-order valence-corrected chi connectivity index (χ3v) is 6.25. The van der Waals surface area contributed by atoms with E-state index < -0.39 is 0 Å². The van der Waals surface area contributed by atoms with Crippen molar-refractivity contribution in [1.82, 2.24) is 9.55 Å². The van der Waals surface area contributed by atoms with Crippen LogP contribution in [0.1, 0.15) is 51.5 Å². The number of allylic oxidation sites excluding steroid dienone is 1. The van der Waals surface area contributed by atoms with Gasteiger partial charge in [0.25, 0.3) is 0 Å². The molecule has 0 atom stereocenters. The summed E-state index contributed by atoms with van der Waals surface area (Å²) in [6.45, 7) is 4.38. The summed E-state index contributed by atoms with van der Waals surface area (Å²) >= 11 is 0. The molecule has 0 saturated heterocycles. The Kier molecular flexibility index (Phi) is 5.41. The fourth-order valence-electron chi connectivity index (χ4n) is 4.82. The average Bonchev–Trinajstić information content (AvgIpc) is 3.20. The Bertz CT molecular complexity index is 1070. The molecule has 1 saturated carbocycles. The van der Waals surface area contributed by atoms with Crippen LogP contribution in [-0.2, 0) is 38.2 Å². The average molecular weight is 443 g/mol. The molecule has 3 nitrogen and oxygen atoms in total. The molecule has 139 valence electrons. The van der Waals surface area contributed by atoms with Crippen molar-refractivity contribution in [2.75, 3.05) is 0 Å². The van der Waals surface area contributed by atoms with Crippen LogP contribution in [0.15, 0.2) is 48.5 Å². The van der Waals surface area contributed by atoms with Crippen molar-refractivity contribution in [1.29, 1.82) is 0 Å². The zero-order valence-corrected chi connectivity index (χ0v) is 19.4. The van der Waals surface area contributed by atoms with E-state index in [-0.39, 0.29) is 38.2 Å². The second-order valence-electron chi connectivity index (χ2n) is 7.76. The summed E-state index contributed by atoms with van der Waals surface area (Å²) in [6.07, 6.45) is 9.86. The SMILES string of the molecule is CC(=[C-][N+]1=C(C)C2(CCCCC2)n2c1nc1ccccc12)c1[c-]cccc1.[Y]. The Morgan fingerprint density at radius 2 is 1.86 bits per heavy atom. The molecule has 5 rings (SSSR count). The van der Waals surface area contributed by atoms with Gasteiger partial charge < -0.3 is 4.58 Å². The van der Waals surface area contributed by atoms with Gasteiger partial charge in [-0.2, -0.15) is 29.8 Å². The van der Waals surface area contributed by atoms with Gasteiger partial charge in [-0.3, -0.25) is 4.57 Å². The van der Waals surface area contributed by atoms with E-state index in [0.29, 0.717) is 0 Å². The molecule has 0 amide bonds. The number of fused-ring (bicyclic) bond motifs is 4. The molecular weight excluding hydrogens is 419 g/mol. The van der Waals surface area contributed by atoms with E-state index in [2.05, 4.69) is 71.7 Å². The number of imidazole rings is 1. The topological polar surface area (TPSA) is 20.8 Å². The van der Waals surface area contributed by atoms with E-state index in [1.165, 1.54) is 43.3 Å². The van der Waals surface area contributed by atoms with Crippen LogP contribution in [-0.4, -0.2) is 19.8 Å². The normalized spacial score (nSPS) is 18.4. The van der Waals surface area contributed by atoms with Crippen molar-refractivity contribution >= 4 is 28.3 Å². The third-order valence-electron chi connectivity index (χ3n) is 6.25. The van der Waals surface area contributed by atoms with E-state index in [1.54, 1.807) is 0 Å². The summed E-state index contributed by atoms with van der Waals surface area (Å²) in [7, 11) is 0. The monoisotopic (exact) mass is 443 g/mol. The number of hydrogen-bond acceptors (Lipinski definition) is 1. The molecule has 3 aromatic rings. The number of benzene rings is 2. The van der Waals surface area contributed by atoms with E-state index in [0.717, 1.165) is 22.6 Å². The van der Waals surface area contributed by atoms with Crippen molar-refractivity contribution in [2.24, 2.45) is 0 Å². The molecule has 2 aromatic carbocycles. The zero-order valence-electron chi connectivity index (χ0n) is 16.6. The molecule has 2 aliphatic rings. The third kappa shape index (κ3) is 2.95. The van der Waals surface area contributed by atoms with Crippen LogP contribution in [0.5, 0.6) is 0 Å². The van der Waals surface area contributed by atoms with Crippen molar-refractivity contribution in [3.05, 3.63) is 66.4 Å². The van der Waals surface area contributed by atoms with Crippen LogP contribution in [0.25, 0.3) is 16.6 Å². The minimum atomic E-state index is 0. The maximum atomic E-state index is 5.00. The second kappa shape index (κ2) is 7.68. The van der Waals surface area contributed by atoms with Gasteiger partial charge in [0.15, 0.2) is 5.52 Å². The van der Waals surface area contributed by atoms with Crippen molar-refractivity contribution in [2.45, 2.75) is 51.5 Å². The van der Waals surface area contributed by atoms with Crippen molar-refractivity contribution in [3.8, 4) is 0 Å². The zero-order chi connectivity index (χ0) is 18.4. The first-order valence-corrected chi connectivity index (χ1v) is 9.90. The number of rotatable bonds is 2. The van der Waals surface area contributed by atoms with Crippen LogP contribution in [0.3, 0.4) is 0 Å². The van der Waals surface area contributed by atoms with Crippen molar-refractivity contribution < 1.29 is 37.3 Å². The number of hydrogen-bond donors (Lipinski definition) is 0. The van der Waals surface area contributed by atoms with Crippen LogP contribution in [0, 0.1) is 12.3 Å². The maximum absolute atomic E-state index is 5.00. The molecule has 1 fully saturated rings. The van der Waals surface area contributed by atoms with Crippen LogP contribution < -0.4 is 0 Å². The molecule has 1 aliphatic heterocycles. The van der Waals surface area contributed by atoms with Gasteiger partial charge in [-0.05, 0) is 38.1 Å². The quantitative estimate of drug-likeness (QED) is 0.380. The molecule has 4 heteroatoms. The minimum absolute atomic E-state index is 0. The van der Waals surface area contributed by atoms with E-state index in [9.17, 15) is 0 Å². The molecule has 0 bridgehead atoms. The Labute approximate surface area is 192 Å². The van der Waals surface area contributed by atoms with Gasteiger partial charge in [0, 0.05) is 38.4 Å². The molecule has 0 N–H and O–H groups in total. The molecule has 28 heavy (non-hydrogen) atoms. The summed E-state index contributed by atoms with van der Waals surface area (Å²) in [4.78, 5) is 5.00. The molecule has 2 heterocycles. The molecule has 1 radical (unpaired) electrons. The second-order valence-corrected chi connectivity index (χ2v) is 7.76. The van der Waals surface area contributed by atoms with Crippen LogP contribution in [0.2, 0.25) is 0 Å². The molecule has 1 spiro atoms. The number of para-hydroxylation sites is 2. The van der Waals surface area contributed by atoms with Gasteiger partial charge in [0.2, 0.25) is 0 Å².